The highest BCUT2D eigenvalue weighted by atomic mass is 32.2. The van der Waals surface area contributed by atoms with Gasteiger partial charge < -0.3 is 15.4 Å². The zero-order chi connectivity index (χ0) is 11.5. The average Bonchev–Trinajstić information content (AvgIpc) is 3.06. The molecule has 3 N–H and O–H groups in total. The van der Waals surface area contributed by atoms with Crippen molar-refractivity contribution in [3.8, 4) is 0 Å². The van der Waals surface area contributed by atoms with Crippen LogP contribution >= 0.6 is 11.8 Å². The van der Waals surface area contributed by atoms with Crippen molar-refractivity contribution >= 4 is 11.8 Å². The van der Waals surface area contributed by atoms with Gasteiger partial charge in [0, 0.05) is 18.4 Å². The van der Waals surface area contributed by atoms with Crippen LogP contribution in [0.3, 0.4) is 0 Å². The molecule has 1 unspecified atom stereocenters. The van der Waals surface area contributed by atoms with E-state index >= 15 is 0 Å². The van der Waals surface area contributed by atoms with E-state index in [0.29, 0.717) is 12.6 Å². The normalized spacial score (nSPS) is 17.7. The summed E-state index contributed by atoms with van der Waals surface area (Å²) >= 11 is 1.66. The first-order chi connectivity index (χ1) is 7.76. The summed E-state index contributed by atoms with van der Waals surface area (Å²) in [5.74, 6) is 2.03. The Balaban J connectivity index is 2.05. The second kappa shape index (κ2) is 5.16. The Morgan fingerprint density at radius 3 is 2.88 bits per heavy atom. The average molecular weight is 242 g/mol. The lowest BCUT2D eigenvalue weighted by Gasteiger charge is -2.09. The molecule has 0 amide bonds. The van der Waals surface area contributed by atoms with Gasteiger partial charge in [-0.1, -0.05) is 18.7 Å². The highest BCUT2D eigenvalue weighted by Crippen LogP contribution is 2.38. The van der Waals surface area contributed by atoms with Gasteiger partial charge in [0.25, 0.3) is 0 Å². The molecule has 1 atom stereocenters. The van der Waals surface area contributed by atoms with Crippen molar-refractivity contribution in [2.45, 2.75) is 37.5 Å². The fraction of sp³-hybridized carbons (Fsp3) is 0.800. The fourth-order valence-corrected chi connectivity index (χ4v) is 2.55. The number of hydrogen-bond acceptors (Lipinski definition) is 5. The van der Waals surface area contributed by atoms with E-state index in [0.717, 1.165) is 16.7 Å². The molecule has 1 aromatic rings. The van der Waals surface area contributed by atoms with Crippen molar-refractivity contribution in [3.63, 3.8) is 0 Å². The summed E-state index contributed by atoms with van der Waals surface area (Å²) in [5, 5.41) is 18.2. The van der Waals surface area contributed by atoms with E-state index in [1.807, 2.05) is 6.92 Å². The number of rotatable bonds is 6. The highest BCUT2D eigenvalue weighted by Gasteiger charge is 2.29. The lowest BCUT2D eigenvalue weighted by atomic mass is 10.2. The maximum Gasteiger partial charge on any atom is 0.191 e. The lowest BCUT2D eigenvalue weighted by Crippen LogP contribution is -2.09. The minimum absolute atomic E-state index is 0.217. The van der Waals surface area contributed by atoms with E-state index in [4.69, 9.17) is 10.8 Å². The van der Waals surface area contributed by atoms with E-state index in [-0.39, 0.29) is 12.5 Å². The molecular formula is C10H18N4OS. The van der Waals surface area contributed by atoms with Crippen LogP contribution in [0.4, 0.5) is 0 Å². The third kappa shape index (κ3) is 2.56. The van der Waals surface area contributed by atoms with Gasteiger partial charge in [0.1, 0.15) is 5.82 Å². The first-order valence-electron chi connectivity index (χ1n) is 5.63. The molecule has 0 aromatic carbocycles. The van der Waals surface area contributed by atoms with Crippen LogP contribution in [0, 0.1) is 5.92 Å². The summed E-state index contributed by atoms with van der Waals surface area (Å²) in [6.45, 7) is 2.68. The van der Waals surface area contributed by atoms with Gasteiger partial charge in [0.05, 0.1) is 6.54 Å². The van der Waals surface area contributed by atoms with Crippen LogP contribution in [0.15, 0.2) is 5.16 Å². The minimum atomic E-state index is 0.217. The standard InChI is InChI=1S/C10H18N4OS/c1-7(5-15)6-16-10-13-12-9(4-11)14(10)8-2-3-8/h7-8,15H,2-6,11H2,1H3. The van der Waals surface area contributed by atoms with Gasteiger partial charge in [-0.3, -0.25) is 0 Å². The summed E-state index contributed by atoms with van der Waals surface area (Å²) < 4.78 is 2.16. The largest absolute Gasteiger partial charge is 0.396 e. The Morgan fingerprint density at radius 1 is 1.56 bits per heavy atom. The van der Waals surface area contributed by atoms with E-state index < -0.39 is 0 Å². The molecule has 1 saturated carbocycles. The molecule has 1 heterocycles. The van der Waals surface area contributed by atoms with Gasteiger partial charge in [0.2, 0.25) is 0 Å². The molecule has 90 valence electrons. The number of nitrogens with zero attached hydrogens (tertiary/aromatic N) is 3. The molecule has 16 heavy (non-hydrogen) atoms. The molecule has 0 radical (unpaired) electrons. The van der Waals surface area contributed by atoms with Crippen molar-refractivity contribution in [3.05, 3.63) is 5.82 Å². The lowest BCUT2D eigenvalue weighted by molar-refractivity contribution is 0.250. The van der Waals surface area contributed by atoms with Crippen LogP contribution in [0.5, 0.6) is 0 Å². The first-order valence-corrected chi connectivity index (χ1v) is 6.62. The van der Waals surface area contributed by atoms with Crippen LogP contribution in [0.1, 0.15) is 31.6 Å². The topological polar surface area (TPSA) is 77.0 Å². The Morgan fingerprint density at radius 2 is 2.31 bits per heavy atom. The Labute approximate surface area is 99.4 Å². The smallest absolute Gasteiger partial charge is 0.191 e. The Hall–Kier alpha value is -0.590. The van der Waals surface area contributed by atoms with Gasteiger partial charge in [-0.05, 0) is 18.8 Å². The van der Waals surface area contributed by atoms with Crippen LogP contribution < -0.4 is 5.73 Å². The van der Waals surface area contributed by atoms with Crippen LogP contribution in [0.2, 0.25) is 0 Å². The SMILES string of the molecule is CC(CO)CSc1nnc(CN)n1C1CC1. The second-order valence-electron chi connectivity index (χ2n) is 4.30. The third-order valence-corrected chi connectivity index (χ3v) is 3.91. The maximum absolute atomic E-state index is 8.98. The molecule has 1 aromatic heterocycles. The molecule has 6 heteroatoms. The molecule has 2 rings (SSSR count). The number of nitrogens with two attached hydrogens (primary N) is 1. The molecule has 0 saturated heterocycles. The van der Waals surface area contributed by atoms with Crippen molar-refractivity contribution in [1.29, 1.82) is 0 Å². The van der Waals surface area contributed by atoms with Gasteiger partial charge in [-0.25, -0.2) is 0 Å². The number of thioether (sulfide) groups is 1. The van der Waals surface area contributed by atoms with Crippen molar-refractivity contribution in [2.24, 2.45) is 11.7 Å². The van der Waals surface area contributed by atoms with Gasteiger partial charge >= 0.3 is 0 Å². The molecule has 0 spiro atoms. The van der Waals surface area contributed by atoms with Crippen molar-refractivity contribution < 1.29 is 5.11 Å². The summed E-state index contributed by atoms with van der Waals surface area (Å²) in [4.78, 5) is 0. The van der Waals surface area contributed by atoms with E-state index in [2.05, 4.69) is 14.8 Å². The molecule has 0 bridgehead atoms. The summed E-state index contributed by atoms with van der Waals surface area (Å²) in [7, 11) is 0. The van der Waals surface area contributed by atoms with Gasteiger partial charge in [-0.15, -0.1) is 10.2 Å². The third-order valence-electron chi connectivity index (χ3n) is 2.64. The van der Waals surface area contributed by atoms with Crippen LogP contribution in [-0.2, 0) is 6.54 Å². The molecule has 1 fully saturated rings. The Bertz CT molecular complexity index is 351. The van der Waals surface area contributed by atoms with Crippen molar-refractivity contribution in [2.75, 3.05) is 12.4 Å². The predicted molar refractivity (Wildman–Crippen MR) is 63.2 cm³/mol. The monoisotopic (exact) mass is 242 g/mol. The van der Waals surface area contributed by atoms with Gasteiger partial charge in [-0.2, -0.15) is 0 Å². The number of aliphatic hydroxyl groups excluding tert-OH is 1. The minimum Gasteiger partial charge on any atom is -0.396 e. The van der Waals surface area contributed by atoms with E-state index in [1.165, 1.54) is 12.8 Å². The molecule has 1 aliphatic carbocycles. The number of aliphatic hydroxyl groups is 1. The second-order valence-corrected chi connectivity index (χ2v) is 5.29. The van der Waals surface area contributed by atoms with Crippen LogP contribution in [-0.4, -0.2) is 32.2 Å². The summed E-state index contributed by atoms with van der Waals surface area (Å²) in [6, 6.07) is 0.556. The Kier molecular flexibility index (Phi) is 3.83. The van der Waals surface area contributed by atoms with E-state index in [9.17, 15) is 0 Å². The van der Waals surface area contributed by atoms with Crippen molar-refractivity contribution in [1.82, 2.24) is 14.8 Å². The zero-order valence-corrected chi connectivity index (χ0v) is 10.3. The van der Waals surface area contributed by atoms with Gasteiger partial charge in [0.15, 0.2) is 5.16 Å². The fourth-order valence-electron chi connectivity index (χ4n) is 1.51. The zero-order valence-electron chi connectivity index (χ0n) is 9.46. The number of hydrogen-bond donors (Lipinski definition) is 2. The molecule has 1 aliphatic rings. The molecular weight excluding hydrogens is 224 g/mol. The summed E-state index contributed by atoms with van der Waals surface area (Å²) in [6.07, 6.45) is 2.41. The summed E-state index contributed by atoms with van der Waals surface area (Å²) in [5.41, 5.74) is 5.64. The van der Waals surface area contributed by atoms with Crippen LogP contribution in [0.25, 0.3) is 0 Å². The first kappa shape index (κ1) is 11.9. The quantitative estimate of drug-likeness (QED) is 0.721. The predicted octanol–water partition coefficient (Wildman–Crippen LogP) is 0.792. The molecule has 5 nitrogen and oxygen atoms in total. The highest BCUT2D eigenvalue weighted by molar-refractivity contribution is 7.99. The number of aromatic nitrogens is 3. The van der Waals surface area contributed by atoms with E-state index in [1.54, 1.807) is 11.8 Å². The maximum atomic E-state index is 8.98. The molecule has 0 aliphatic heterocycles.